The molecular formula is C80H74B2N4O2. The third-order valence-electron chi connectivity index (χ3n) is 22.7. The highest BCUT2D eigenvalue weighted by molar-refractivity contribution is 7.00. The Kier molecular flexibility index (Phi) is 11.9. The van der Waals surface area contributed by atoms with Gasteiger partial charge in [0, 0.05) is 79.8 Å². The Bertz CT molecular complexity index is 4380. The standard InChI is InChI=1S/C41H39BN2O.C39H35BN2O/c1-27(2)28-24-32-39-34(25-28)42-33-21-20-31(43(29-14-7-5-8-15-29)30-16-9-6-10-17-30)26-37(33)45-36-19-13-18-35(38(36)42)44(39)41(4)23-12-11-22-40(32,41)3;1-26-23-30-37-32(24-26)40-31-20-19-29(41(27-13-6-4-7-14-27)28-15-8-5-9-16-28)25-35(31)43-34-18-12-17-33(36(34)40)42(37)39(3)22-11-10-21-38(30,39)2/h5-10,13-21,24-27H,11-12,22-23H2,1-4H3;4-9,12-20,23-25H,10-11,21-22H2,1-3H3. The molecule has 18 rings (SSSR count). The highest BCUT2D eigenvalue weighted by Crippen LogP contribution is 2.64. The first kappa shape index (κ1) is 53.4. The molecule has 0 N–H and O–H groups in total. The summed E-state index contributed by atoms with van der Waals surface area (Å²) < 4.78 is 13.8. The molecule has 2 saturated carbocycles. The number of hydrogen-bond acceptors (Lipinski definition) is 6. The van der Waals surface area contributed by atoms with Crippen LogP contribution in [0.25, 0.3) is 0 Å². The fourth-order valence-electron chi connectivity index (χ4n) is 18.0. The van der Waals surface area contributed by atoms with Gasteiger partial charge in [-0.25, -0.2) is 0 Å². The maximum absolute atomic E-state index is 6.93. The summed E-state index contributed by atoms with van der Waals surface area (Å²) in [4.78, 5) is 10.1. The number of rotatable bonds is 7. The van der Waals surface area contributed by atoms with Gasteiger partial charge in [0.1, 0.15) is 23.0 Å². The number of ether oxygens (including phenoxy) is 2. The van der Waals surface area contributed by atoms with Gasteiger partial charge in [0.2, 0.25) is 0 Å². The SMILES string of the molecule is CC(C)c1cc2c3c(c1)C1(C)CCCCC1(C)N3c1cccc3c1B2c1ccc(N(c2ccccc2)c2ccccc2)cc1O3.Cc1cc2c3c(c1)C1(C)CCCCC1(C)N3c1cccc3c1B2c1ccc(N(c2ccccc2)c2ccccc2)cc1O3. The van der Waals surface area contributed by atoms with E-state index in [4.69, 9.17) is 9.47 Å². The van der Waals surface area contributed by atoms with Crippen molar-refractivity contribution in [2.75, 3.05) is 19.6 Å². The lowest BCUT2D eigenvalue weighted by Gasteiger charge is -2.52. The lowest BCUT2D eigenvalue weighted by atomic mass is 9.34. The van der Waals surface area contributed by atoms with Crippen LogP contribution < -0.4 is 61.9 Å². The van der Waals surface area contributed by atoms with Gasteiger partial charge in [0.25, 0.3) is 13.4 Å². The minimum atomic E-state index is 0.0357. The summed E-state index contributed by atoms with van der Waals surface area (Å²) in [5, 5.41) is 0. The summed E-state index contributed by atoms with van der Waals surface area (Å²) in [6.45, 7) is 17.4. The fraction of sp³-hybridized carbons (Fsp3) is 0.250. The van der Waals surface area contributed by atoms with E-state index in [2.05, 4.69) is 286 Å². The molecular weight excluding hydrogens is 1070 g/mol. The molecule has 0 amide bonds. The second-order valence-electron chi connectivity index (χ2n) is 27.6. The van der Waals surface area contributed by atoms with E-state index in [0.717, 1.165) is 57.1 Å². The molecule has 0 bridgehead atoms. The minimum Gasteiger partial charge on any atom is -0.458 e. The van der Waals surface area contributed by atoms with Crippen LogP contribution >= 0.6 is 0 Å². The average Bonchev–Trinajstić information content (AvgIpc) is 1.49. The van der Waals surface area contributed by atoms with Crippen molar-refractivity contribution < 1.29 is 9.47 Å². The summed E-state index contributed by atoms with van der Waals surface area (Å²) in [5.41, 5.74) is 26.6. The van der Waals surface area contributed by atoms with E-state index in [9.17, 15) is 0 Å². The van der Waals surface area contributed by atoms with Gasteiger partial charge in [-0.2, -0.15) is 0 Å². The zero-order valence-electron chi connectivity index (χ0n) is 51.8. The van der Waals surface area contributed by atoms with Gasteiger partial charge in [0.15, 0.2) is 0 Å². The zero-order valence-corrected chi connectivity index (χ0v) is 51.8. The van der Waals surface area contributed by atoms with Crippen molar-refractivity contribution in [2.45, 2.75) is 128 Å². The third-order valence-corrected chi connectivity index (χ3v) is 22.7. The van der Waals surface area contributed by atoms with Crippen molar-refractivity contribution in [3.8, 4) is 23.0 Å². The van der Waals surface area contributed by atoms with Crippen molar-refractivity contribution in [1.29, 1.82) is 0 Å². The molecule has 2 fully saturated rings. The quantitative estimate of drug-likeness (QED) is 0.148. The van der Waals surface area contributed by atoms with E-state index >= 15 is 0 Å². The van der Waals surface area contributed by atoms with Crippen molar-refractivity contribution in [3.05, 3.63) is 241 Å². The van der Waals surface area contributed by atoms with E-state index in [-0.39, 0.29) is 35.3 Å². The first-order valence-electron chi connectivity index (χ1n) is 32.5. The van der Waals surface area contributed by atoms with Gasteiger partial charge in [-0.1, -0.05) is 180 Å². The molecule has 10 aromatic rings. The van der Waals surface area contributed by atoms with Gasteiger partial charge < -0.3 is 29.1 Å². The van der Waals surface area contributed by atoms with Crippen LogP contribution in [0.2, 0.25) is 0 Å². The van der Waals surface area contributed by atoms with Gasteiger partial charge in [-0.05, 0) is 187 Å². The van der Waals surface area contributed by atoms with Crippen molar-refractivity contribution in [2.24, 2.45) is 0 Å². The molecule has 6 aliphatic heterocycles. The highest BCUT2D eigenvalue weighted by atomic mass is 16.5. The van der Waals surface area contributed by atoms with Crippen molar-refractivity contribution in [3.63, 3.8) is 0 Å². The summed E-state index contributed by atoms with van der Waals surface area (Å²) in [6, 6.07) is 79.7. The second kappa shape index (κ2) is 19.6. The second-order valence-corrected chi connectivity index (χ2v) is 27.6. The summed E-state index contributed by atoms with van der Waals surface area (Å²) >= 11 is 0. The van der Waals surface area contributed by atoms with E-state index in [1.807, 2.05) is 0 Å². The summed E-state index contributed by atoms with van der Waals surface area (Å²) in [5.74, 6) is 4.33. The molecule has 2 aliphatic carbocycles. The van der Waals surface area contributed by atoms with Crippen LogP contribution in [0.4, 0.5) is 56.9 Å². The number of para-hydroxylation sites is 4. The Hall–Kier alpha value is -8.87. The average molecular weight is 1150 g/mol. The molecule has 432 valence electrons. The molecule has 8 heteroatoms. The Morgan fingerprint density at radius 1 is 0.386 bits per heavy atom. The van der Waals surface area contributed by atoms with Crippen LogP contribution in [0, 0.1) is 6.92 Å². The Morgan fingerprint density at radius 3 is 1.20 bits per heavy atom. The number of aryl methyl sites for hydroxylation is 1. The molecule has 0 aromatic heterocycles. The fourth-order valence-corrected chi connectivity index (χ4v) is 18.0. The highest BCUT2D eigenvalue weighted by Gasteiger charge is 2.63. The molecule has 4 unspecified atom stereocenters. The van der Waals surface area contributed by atoms with E-state index in [1.54, 1.807) is 11.1 Å². The third kappa shape index (κ3) is 7.44. The Morgan fingerprint density at radius 2 is 0.784 bits per heavy atom. The molecule has 6 nitrogen and oxygen atoms in total. The van der Waals surface area contributed by atoms with Gasteiger partial charge in [-0.15, -0.1) is 0 Å². The summed E-state index contributed by atoms with van der Waals surface area (Å²) in [6.07, 6.45) is 10.0. The zero-order chi connectivity index (χ0) is 59.4. The monoisotopic (exact) mass is 1140 g/mol. The van der Waals surface area contributed by atoms with Crippen LogP contribution in [0.15, 0.2) is 218 Å². The number of benzene rings is 10. The van der Waals surface area contributed by atoms with Crippen LogP contribution in [-0.4, -0.2) is 24.5 Å². The Labute approximate surface area is 520 Å². The number of anilines is 10. The first-order valence-corrected chi connectivity index (χ1v) is 32.5. The lowest BCUT2D eigenvalue weighted by molar-refractivity contribution is 0.195. The molecule has 4 atom stereocenters. The smallest absolute Gasteiger partial charge is 0.256 e. The molecule has 0 saturated heterocycles. The molecule has 10 aromatic carbocycles. The van der Waals surface area contributed by atoms with Crippen LogP contribution in [0.3, 0.4) is 0 Å². The van der Waals surface area contributed by atoms with E-state index < -0.39 is 0 Å². The van der Waals surface area contributed by atoms with Gasteiger partial charge >= 0.3 is 0 Å². The largest absolute Gasteiger partial charge is 0.458 e. The topological polar surface area (TPSA) is 31.4 Å². The summed E-state index contributed by atoms with van der Waals surface area (Å²) in [7, 11) is 0. The van der Waals surface area contributed by atoms with Crippen LogP contribution in [0.1, 0.15) is 121 Å². The van der Waals surface area contributed by atoms with E-state index in [0.29, 0.717) is 5.92 Å². The predicted molar refractivity (Wildman–Crippen MR) is 369 cm³/mol. The van der Waals surface area contributed by atoms with Crippen LogP contribution in [0.5, 0.6) is 23.0 Å². The maximum atomic E-state index is 6.93. The number of nitrogens with zero attached hydrogens (tertiary/aromatic N) is 4. The molecule has 0 spiro atoms. The molecule has 88 heavy (non-hydrogen) atoms. The molecule has 8 aliphatic rings. The van der Waals surface area contributed by atoms with Crippen molar-refractivity contribution >= 4 is 103 Å². The van der Waals surface area contributed by atoms with Gasteiger partial charge in [0.05, 0.1) is 11.1 Å². The number of hydrogen-bond donors (Lipinski definition) is 0. The van der Waals surface area contributed by atoms with Gasteiger partial charge in [-0.3, -0.25) is 0 Å². The normalized spacial score (nSPS) is 22.0. The first-order chi connectivity index (χ1) is 42.9. The maximum Gasteiger partial charge on any atom is 0.256 e. The minimum absolute atomic E-state index is 0.0357. The Balaban J connectivity index is 0.000000137. The predicted octanol–water partition coefficient (Wildman–Crippen LogP) is 17.1. The van der Waals surface area contributed by atoms with Crippen molar-refractivity contribution in [1.82, 2.24) is 0 Å². The van der Waals surface area contributed by atoms with Crippen LogP contribution in [-0.2, 0) is 10.8 Å². The lowest BCUT2D eigenvalue weighted by Crippen LogP contribution is -2.63. The molecule has 6 heterocycles. The number of fused-ring (bicyclic) bond motifs is 14. The molecule has 0 radical (unpaired) electrons. The van der Waals surface area contributed by atoms with E-state index in [1.165, 1.54) is 118 Å².